The Morgan fingerprint density at radius 3 is 2.57 bits per heavy atom. The smallest absolute Gasteiger partial charge is 0.0622 e. The van der Waals surface area contributed by atoms with Crippen molar-refractivity contribution in [1.82, 2.24) is 9.80 Å². The lowest BCUT2D eigenvalue weighted by Gasteiger charge is -2.37. The molecule has 1 atom stereocenters. The standard InChI is InChI=1S/C10H19ClN2O/c11-2-3-12-4-6-13(7-5-12)10-1-8-14-9-10/h10H,1-9H2. The van der Waals surface area contributed by atoms with E-state index in [9.17, 15) is 0 Å². The van der Waals surface area contributed by atoms with Crippen LogP contribution in [0.3, 0.4) is 0 Å². The largest absolute Gasteiger partial charge is 0.380 e. The van der Waals surface area contributed by atoms with Crippen molar-refractivity contribution < 1.29 is 4.74 Å². The number of nitrogens with zero attached hydrogens (tertiary/aromatic N) is 2. The molecule has 0 saturated carbocycles. The molecule has 2 rings (SSSR count). The van der Waals surface area contributed by atoms with Crippen molar-refractivity contribution in [3.8, 4) is 0 Å². The van der Waals surface area contributed by atoms with Gasteiger partial charge in [0.1, 0.15) is 0 Å². The third-order valence-electron chi connectivity index (χ3n) is 3.23. The number of alkyl halides is 1. The van der Waals surface area contributed by atoms with Crippen LogP contribution in [0.15, 0.2) is 0 Å². The van der Waals surface area contributed by atoms with Crippen LogP contribution in [0.1, 0.15) is 6.42 Å². The van der Waals surface area contributed by atoms with E-state index in [1.165, 1.54) is 32.6 Å². The van der Waals surface area contributed by atoms with Crippen molar-refractivity contribution in [1.29, 1.82) is 0 Å². The second-order valence-electron chi connectivity index (χ2n) is 4.08. The molecule has 0 aromatic heterocycles. The maximum absolute atomic E-state index is 5.72. The molecular formula is C10H19ClN2O. The predicted molar refractivity (Wildman–Crippen MR) is 58.0 cm³/mol. The number of piperazine rings is 1. The average molecular weight is 219 g/mol. The predicted octanol–water partition coefficient (Wildman–Crippen LogP) is 0.632. The van der Waals surface area contributed by atoms with Crippen LogP contribution in [-0.2, 0) is 4.74 Å². The molecule has 0 aromatic rings. The summed E-state index contributed by atoms with van der Waals surface area (Å²) >= 11 is 5.72. The summed E-state index contributed by atoms with van der Waals surface area (Å²) in [4.78, 5) is 5.01. The molecule has 2 saturated heterocycles. The van der Waals surface area contributed by atoms with Gasteiger partial charge in [-0.05, 0) is 6.42 Å². The number of hydrogen-bond acceptors (Lipinski definition) is 3. The molecule has 14 heavy (non-hydrogen) atoms. The highest BCUT2D eigenvalue weighted by atomic mass is 35.5. The van der Waals surface area contributed by atoms with Crippen LogP contribution >= 0.6 is 11.6 Å². The summed E-state index contributed by atoms with van der Waals surface area (Å²) in [6.45, 7) is 7.64. The SMILES string of the molecule is ClCCN1CCN(C2CCOC2)CC1. The molecule has 3 nitrogen and oxygen atoms in total. The van der Waals surface area contributed by atoms with E-state index < -0.39 is 0 Å². The molecule has 0 amide bonds. The molecule has 1 unspecified atom stereocenters. The molecular weight excluding hydrogens is 200 g/mol. The zero-order valence-corrected chi connectivity index (χ0v) is 9.38. The highest BCUT2D eigenvalue weighted by molar-refractivity contribution is 6.18. The molecule has 2 aliphatic heterocycles. The Kier molecular flexibility index (Phi) is 4.05. The zero-order valence-electron chi connectivity index (χ0n) is 8.62. The van der Waals surface area contributed by atoms with Gasteiger partial charge in [0.2, 0.25) is 0 Å². The van der Waals surface area contributed by atoms with E-state index in [-0.39, 0.29) is 0 Å². The number of hydrogen-bond donors (Lipinski definition) is 0. The molecule has 0 aromatic carbocycles. The highest BCUT2D eigenvalue weighted by Crippen LogP contribution is 2.14. The summed E-state index contributed by atoms with van der Waals surface area (Å²) in [6.07, 6.45) is 1.22. The third-order valence-corrected chi connectivity index (χ3v) is 3.40. The Morgan fingerprint density at radius 2 is 2.00 bits per heavy atom. The van der Waals surface area contributed by atoms with E-state index in [1.54, 1.807) is 0 Å². The monoisotopic (exact) mass is 218 g/mol. The Bertz CT molecular complexity index is 166. The van der Waals surface area contributed by atoms with Gasteiger partial charge in [0.15, 0.2) is 0 Å². The maximum Gasteiger partial charge on any atom is 0.0622 e. The van der Waals surface area contributed by atoms with E-state index in [2.05, 4.69) is 9.80 Å². The van der Waals surface area contributed by atoms with Crippen LogP contribution in [0.5, 0.6) is 0 Å². The molecule has 2 aliphatic rings. The lowest BCUT2D eigenvalue weighted by atomic mass is 10.2. The lowest BCUT2D eigenvalue weighted by molar-refractivity contribution is 0.0878. The van der Waals surface area contributed by atoms with Crippen molar-refractivity contribution >= 4 is 11.6 Å². The van der Waals surface area contributed by atoms with Gasteiger partial charge in [-0.2, -0.15) is 0 Å². The first-order valence-corrected chi connectivity index (χ1v) is 6.03. The first kappa shape index (κ1) is 10.7. The number of halogens is 1. The fourth-order valence-corrected chi connectivity index (χ4v) is 2.52. The van der Waals surface area contributed by atoms with Gasteiger partial charge in [0.05, 0.1) is 6.61 Å². The van der Waals surface area contributed by atoms with Crippen molar-refractivity contribution in [2.24, 2.45) is 0 Å². The van der Waals surface area contributed by atoms with E-state index in [0.717, 1.165) is 25.6 Å². The van der Waals surface area contributed by atoms with E-state index in [0.29, 0.717) is 6.04 Å². The molecule has 82 valence electrons. The summed E-state index contributed by atoms with van der Waals surface area (Å²) in [5.74, 6) is 0.756. The normalized spacial score (nSPS) is 31.1. The van der Waals surface area contributed by atoms with Gasteiger partial charge in [-0.25, -0.2) is 0 Å². The van der Waals surface area contributed by atoms with Crippen LogP contribution in [0.4, 0.5) is 0 Å². The molecule has 4 heteroatoms. The molecule has 0 radical (unpaired) electrons. The Balaban J connectivity index is 1.72. The lowest BCUT2D eigenvalue weighted by Crippen LogP contribution is -2.50. The van der Waals surface area contributed by atoms with Gasteiger partial charge < -0.3 is 4.74 Å². The molecule has 0 aliphatic carbocycles. The fourth-order valence-electron chi connectivity index (χ4n) is 2.28. The zero-order chi connectivity index (χ0) is 9.80. The van der Waals surface area contributed by atoms with E-state index >= 15 is 0 Å². The third kappa shape index (κ3) is 2.60. The van der Waals surface area contributed by atoms with Gasteiger partial charge in [-0.15, -0.1) is 11.6 Å². The Hall–Kier alpha value is 0.170. The van der Waals surface area contributed by atoms with Crippen molar-refractivity contribution in [3.63, 3.8) is 0 Å². The Morgan fingerprint density at radius 1 is 1.21 bits per heavy atom. The van der Waals surface area contributed by atoms with Crippen LogP contribution in [-0.4, -0.2) is 67.7 Å². The first-order chi connectivity index (χ1) is 6.90. The first-order valence-electron chi connectivity index (χ1n) is 5.50. The van der Waals surface area contributed by atoms with Crippen LogP contribution in [0.2, 0.25) is 0 Å². The van der Waals surface area contributed by atoms with Crippen molar-refractivity contribution in [3.05, 3.63) is 0 Å². The second-order valence-corrected chi connectivity index (χ2v) is 4.46. The van der Waals surface area contributed by atoms with Crippen molar-refractivity contribution in [2.75, 3.05) is 51.8 Å². The van der Waals surface area contributed by atoms with Gasteiger partial charge in [-0.3, -0.25) is 9.80 Å². The second kappa shape index (κ2) is 5.31. The summed E-state index contributed by atoms with van der Waals surface area (Å²) in [7, 11) is 0. The maximum atomic E-state index is 5.72. The van der Waals surface area contributed by atoms with E-state index in [4.69, 9.17) is 16.3 Å². The molecule has 0 bridgehead atoms. The summed E-state index contributed by atoms with van der Waals surface area (Å²) < 4.78 is 5.41. The minimum absolute atomic E-state index is 0.688. The van der Waals surface area contributed by atoms with Gasteiger partial charge >= 0.3 is 0 Å². The van der Waals surface area contributed by atoms with Crippen molar-refractivity contribution in [2.45, 2.75) is 12.5 Å². The van der Waals surface area contributed by atoms with Crippen LogP contribution in [0, 0.1) is 0 Å². The molecule has 2 fully saturated rings. The topological polar surface area (TPSA) is 15.7 Å². The molecule has 0 spiro atoms. The van der Waals surface area contributed by atoms with Crippen LogP contribution in [0.25, 0.3) is 0 Å². The average Bonchev–Trinajstić information content (AvgIpc) is 2.72. The number of rotatable bonds is 3. The minimum atomic E-state index is 0.688. The fraction of sp³-hybridized carbons (Fsp3) is 1.00. The van der Waals surface area contributed by atoms with Gasteiger partial charge in [0.25, 0.3) is 0 Å². The summed E-state index contributed by atoms with van der Waals surface area (Å²) in [6, 6.07) is 0.688. The van der Waals surface area contributed by atoms with Crippen LogP contribution < -0.4 is 0 Å². The minimum Gasteiger partial charge on any atom is -0.380 e. The summed E-state index contributed by atoms with van der Waals surface area (Å²) in [5.41, 5.74) is 0. The number of ether oxygens (including phenoxy) is 1. The van der Waals surface area contributed by atoms with Gasteiger partial charge in [-0.1, -0.05) is 0 Å². The quantitative estimate of drug-likeness (QED) is 0.647. The van der Waals surface area contributed by atoms with Gasteiger partial charge in [0, 0.05) is 51.3 Å². The summed E-state index contributed by atoms with van der Waals surface area (Å²) in [5, 5.41) is 0. The Labute approximate surface area is 90.9 Å². The molecule has 0 N–H and O–H groups in total. The highest BCUT2D eigenvalue weighted by Gasteiger charge is 2.26. The van der Waals surface area contributed by atoms with E-state index in [1.807, 2.05) is 0 Å². The molecule has 2 heterocycles.